The maximum Gasteiger partial charge on any atom is 0.160 e. The number of aromatic nitrogens is 2. The Labute approximate surface area is 114 Å². The Morgan fingerprint density at radius 3 is 2.84 bits per heavy atom. The molecule has 5 heteroatoms. The number of benzene rings is 2. The highest BCUT2D eigenvalue weighted by Gasteiger charge is 2.09. The van der Waals surface area contributed by atoms with Crippen molar-refractivity contribution in [1.29, 1.82) is 0 Å². The van der Waals surface area contributed by atoms with Gasteiger partial charge in [-0.2, -0.15) is 5.10 Å². The number of anilines is 2. The molecule has 1 aromatic heterocycles. The standard InChI is InChI=1S/C14H11ClFN3/c1-19-13-6-5-10(16)8-12(13)14(18-19)17-11-4-2-3-9(15)7-11/h2-8H,1H3,(H,17,18). The molecule has 2 aromatic carbocycles. The summed E-state index contributed by atoms with van der Waals surface area (Å²) in [7, 11) is 1.82. The van der Waals surface area contributed by atoms with Gasteiger partial charge >= 0.3 is 0 Å². The SMILES string of the molecule is Cn1nc(Nc2cccc(Cl)c2)c2cc(F)ccc21. The highest BCUT2D eigenvalue weighted by atomic mass is 35.5. The smallest absolute Gasteiger partial charge is 0.160 e. The van der Waals surface area contributed by atoms with Crippen molar-refractivity contribution in [3.05, 3.63) is 53.3 Å². The predicted molar refractivity (Wildman–Crippen MR) is 75.4 cm³/mol. The van der Waals surface area contributed by atoms with Gasteiger partial charge in [0.25, 0.3) is 0 Å². The monoisotopic (exact) mass is 275 g/mol. The first-order valence-corrected chi connectivity index (χ1v) is 6.16. The van der Waals surface area contributed by atoms with Crippen LogP contribution in [-0.2, 0) is 7.05 Å². The van der Waals surface area contributed by atoms with Gasteiger partial charge in [-0.1, -0.05) is 17.7 Å². The molecule has 0 saturated carbocycles. The predicted octanol–water partition coefficient (Wildman–Crippen LogP) is 4.11. The van der Waals surface area contributed by atoms with Gasteiger partial charge in [0.05, 0.1) is 5.52 Å². The Morgan fingerprint density at radius 2 is 2.05 bits per heavy atom. The molecule has 0 saturated heterocycles. The van der Waals surface area contributed by atoms with E-state index in [0.717, 1.165) is 16.6 Å². The van der Waals surface area contributed by atoms with E-state index in [4.69, 9.17) is 11.6 Å². The molecule has 3 nitrogen and oxygen atoms in total. The lowest BCUT2D eigenvalue weighted by molar-refractivity contribution is 0.629. The lowest BCUT2D eigenvalue weighted by atomic mass is 10.2. The Hall–Kier alpha value is -2.07. The van der Waals surface area contributed by atoms with Crippen LogP contribution in [0.4, 0.5) is 15.9 Å². The third kappa shape index (κ3) is 2.27. The lowest BCUT2D eigenvalue weighted by Gasteiger charge is -2.03. The van der Waals surface area contributed by atoms with Crippen molar-refractivity contribution in [2.45, 2.75) is 0 Å². The molecule has 0 amide bonds. The third-order valence-corrected chi connectivity index (χ3v) is 3.13. The van der Waals surface area contributed by atoms with Gasteiger partial charge in [0, 0.05) is 23.1 Å². The molecule has 0 aliphatic carbocycles. The van der Waals surface area contributed by atoms with E-state index in [-0.39, 0.29) is 5.82 Å². The summed E-state index contributed by atoms with van der Waals surface area (Å²) in [4.78, 5) is 0. The van der Waals surface area contributed by atoms with Crippen LogP contribution in [0.2, 0.25) is 5.02 Å². The summed E-state index contributed by atoms with van der Waals surface area (Å²) in [5.41, 5.74) is 1.68. The van der Waals surface area contributed by atoms with E-state index < -0.39 is 0 Å². The van der Waals surface area contributed by atoms with Gasteiger partial charge in [-0.3, -0.25) is 4.68 Å². The number of hydrogen-bond donors (Lipinski definition) is 1. The number of nitrogens with zero attached hydrogens (tertiary/aromatic N) is 2. The summed E-state index contributed by atoms with van der Waals surface area (Å²) in [5.74, 6) is 0.328. The van der Waals surface area contributed by atoms with Gasteiger partial charge in [-0.05, 0) is 36.4 Å². The molecule has 19 heavy (non-hydrogen) atoms. The summed E-state index contributed by atoms with van der Waals surface area (Å²) < 4.78 is 15.1. The van der Waals surface area contributed by atoms with Crippen molar-refractivity contribution >= 4 is 34.0 Å². The van der Waals surface area contributed by atoms with Crippen LogP contribution < -0.4 is 5.32 Å². The molecule has 0 atom stereocenters. The van der Waals surface area contributed by atoms with Crippen LogP contribution in [0.1, 0.15) is 0 Å². The second-order valence-corrected chi connectivity index (χ2v) is 4.71. The maximum atomic E-state index is 13.3. The van der Waals surface area contributed by atoms with Crippen LogP contribution in [0.25, 0.3) is 10.9 Å². The minimum absolute atomic E-state index is 0.283. The van der Waals surface area contributed by atoms with Gasteiger partial charge in [-0.25, -0.2) is 4.39 Å². The van der Waals surface area contributed by atoms with E-state index in [1.165, 1.54) is 12.1 Å². The summed E-state index contributed by atoms with van der Waals surface area (Å²) >= 11 is 5.93. The fourth-order valence-corrected chi connectivity index (χ4v) is 2.22. The van der Waals surface area contributed by atoms with E-state index in [9.17, 15) is 4.39 Å². The first-order valence-electron chi connectivity index (χ1n) is 5.78. The van der Waals surface area contributed by atoms with Crippen LogP contribution in [-0.4, -0.2) is 9.78 Å². The first-order chi connectivity index (χ1) is 9.13. The number of fused-ring (bicyclic) bond motifs is 1. The molecule has 0 spiro atoms. The molecule has 3 aromatic rings. The molecule has 0 aliphatic rings. The Morgan fingerprint density at radius 1 is 1.21 bits per heavy atom. The van der Waals surface area contributed by atoms with Crippen LogP contribution in [0.5, 0.6) is 0 Å². The Bertz CT molecular complexity index is 752. The second kappa shape index (κ2) is 4.55. The highest BCUT2D eigenvalue weighted by molar-refractivity contribution is 6.30. The van der Waals surface area contributed by atoms with Gasteiger partial charge in [0.2, 0.25) is 0 Å². The minimum Gasteiger partial charge on any atom is -0.338 e. The highest BCUT2D eigenvalue weighted by Crippen LogP contribution is 2.27. The first kappa shape index (κ1) is 12.0. The average Bonchev–Trinajstić information content (AvgIpc) is 2.66. The van der Waals surface area contributed by atoms with Gasteiger partial charge in [0.15, 0.2) is 5.82 Å². The molecule has 0 bridgehead atoms. The average molecular weight is 276 g/mol. The maximum absolute atomic E-state index is 13.3. The zero-order chi connectivity index (χ0) is 13.4. The molecular formula is C14H11ClFN3. The van der Waals surface area contributed by atoms with Crippen molar-refractivity contribution in [2.24, 2.45) is 7.05 Å². The van der Waals surface area contributed by atoms with Crippen molar-refractivity contribution in [2.75, 3.05) is 5.32 Å². The summed E-state index contributed by atoms with van der Waals surface area (Å²) in [6.07, 6.45) is 0. The number of nitrogens with one attached hydrogen (secondary N) is 1. The fraction of sp³-hybridized carbons (Fsp3) is 0.0714. The quantitative estimate of drug-likeness (QED) is 0.763. The van der Waals surface area contributed by atoms with Crippen LogP contribution >= 0.6 is 11.6 Å². The number of rotatable bonds is 2. The Balaban J connectivity index is 2.08. The van der Waals surface area contributed by atoms with Gasteiger partial charge in [0.1, 0.15) is 5.82 Å². The lowest BCUT2D eigenvalue weighted by Crippen LogP contribution is -1.93. The van der Waals surface area contributed by atoms with Crippen LogP contribution in [0.3, 0.4) is 0 Å². The minimum atomic E-state index is -0.283. The van der Waals surface area contributed by atoms with Crippen molar-refractivity contribution in [3.8, 4) is 0 Å². The van der Waals surface area contributed by atoms with E-state index in [1.54, 1.807) is 22.9 Å². The van der Waals surface area contributed by atoms with E-state index in [0.29, 0.717) is 10.8 Å². The van der Waals surface area contributed by atoms with E-state index in [1.807, 2.05) is 19.2 Å². The molecule has 0 unspecified atom stereocenters. The summed E-state index contributed by atoms with van der Waals surface area (Å²) in [6.45, 7) is 0. The molecule has 3 rings (SSSR count). The fourth-order valence-electron chi connectivity index (χ4n) is 2.03. The van der Waals surface area contributed by atoms with Crippen LogP contribution in [0.15, 0.2) is 42.5 Å². The van der Waals surface area contributed by atoms with Crippen molar-refractivity contribution < 1.29 is 4.39 Å². The van der Waals surface area contributed by atoms with Crippen molar-refractivity contribution in [1.82, 2.24) is 9.78 Å². The molecule has 1 heterocycles. The number of halogens is 2. The van der Waals surface area contributed by atoms with E-state index >= 15 is 0 Å². The zero-order valence-corrected chi connectivity index (χ0v) is 10.9. The number of aryl methyl sites for hydroxylation is 1. The summed E-state index contributed by atoms with van der Waals surface area (Å²) in [6, 6.07) is 11.9. The molecule has 0 radical (unpaired) electrons. The van der Waals surface area contributed by atoms with E-state index in [2.05, 4.69) is 10.4 Å². The zero-order valence-electron chi connectivity index (χ0n) is 10.2. The Kier molecular flexibility index (Phi) is 2.87. The number of hydrogen-bond acceptors (Lipinski definition) is 2. The summed E-state index contributed by atoms with van der Waals surface area (Å²) in [5, 5.41) is 8.88. The third-order valence-electron chi connectivity index (χ3n) is 2.90. The van der Waals surface area contributed by atoms with Gasteiger partial charge < -0.3 is 5.32 Å². The normalized spacial score (nSPS) is 10.9. The molecule has 96 valence electrons. The second-order valence-electron chi connectivity index (χ2n) is 4.27. The molecule has 1 N–H and O–H groups in total. The topological polar surface area (TPSA) is 29.9 Å². The molecular weight excluding hydrogens is 265 g/mol. The largest absolute Gasteiger partial charge is 0.338 e. The van der Waals surface area contributed by atoms with Crippen LogP contribution in [0, 0.1) is 5.82 Å². The molecule has 0 fully saturated rings. The van der Waals surface area contributed by atoms with Gasteiger partial charge in [-0.15, -0.1) is 0 Å². The molecule has 0 aliphatic heterocycles. The van der Waals surface area contributed by atoms with Crippen molar-refractivity contribution in [3.63, 3.8) is 0 Å².